The van der Waals surface area contributed by atoms with E-state index in [2.05, 4.69) is 4.98 Å². The lowest BCUT2D eigenvalue weighted by Crippen LogP contribution is -2.04. The first-order chi connectivity index (χ1) is 7.95. The summed E-state index contributed by atoms with van der Waals surface area (Å²) in [4.78, 5) is 24.4. The molecule has 0 amide bonds. The van der Waals surface area contributed by atoms with Crippen molar-refractivity contribution in [3.8, 4) is 11.5 Å². The minimum Gasteiger partial charge on any atom is -0.504 e. The molecule has 0 atom stereocenters. The lowest BCUT2D eigenvalue weighted by Gasteiger charge is -2.08. The molecule has 1 aromatic carbocycles. The van der Waals surface area contributed by atoms with Crippen LogP contribution in [0.3, 0.4) is 0 Å². The molecule has 7 nitrogen and oxygen atoms in total. The van der Waals surface area contributed by atoms with Gasteiger partial charge in [-0.05, 0) is 6.07 Å². The SMILES string of the molecule is O=C(O)c1c(O)c(O)c(C(=O)O)c2[nH]ccc12. The lowest BCUT2D eigenvalue weighted by molar-refractivity contribution is 0.0677. The number of hydrogen-bond acceptors (Lipinski definition) is 4. The van der Waals surface area contributed by atoms with Crippen LogP contribution in [0.25, 0.3) is 10.9 Å². The van der Waals surface area contributed by atoms with E-state index in [0.29, 0.717) is 0 Å². The maximum absolute atomic E-state index is 10.9. The smallest absolute Gasteiger partial charge is 0.341 e. The second-order valence-electron chi connectivity index (χ2n) is 3.32. The standard InChI is InChI=1S/C10H7NO6/c12-7-4(9(14)15)3-1-2-11-6(3)5(8(7)13)10(16)17/h1-2,11-13H,(H,14,15)(H,16,17). The highest BCUT2D eigenvalue weighted by atomic mass is 16.4. The molecule has 0 aliphatic rings. The van der Waals surface area contributed by atoms with Crippen molar-refractivity contribution in [2.24, 2.45) is 0 Å². The Morgan fingerprint density at radius 1 is 1.00 bits per heavy atom. The highest BCUT2D eigenvalue weighted by molar-refractivity contribution is 6.14. The third kappa shape index (κ3) is 1.36. The average Bonchev–Trinajstić information content (AvgIpc) is 2.66. The maximum Gasteiger partial charge on any atom is 0.341 e. The van der Waals surface area contributed by atoms with Crippen LogP contribution in [0.1, 0.15) is 20.7 Å². The number of aromatic amines is 1. The van der Waals surface area contributed by atoms with Crippen molar-refractivity contribution < 1.29 is 30.0 Å². The van der Waals surface area contributed by atoms with Gasteiger partial charge in [0.25, 0.3) is 0 Å². The Bertz CT molecular complexity index is 588. The maximum atomic E-state index is 10.9. The number of aromatic carboxylic acids is 2. The summed E-state index contributed by atoms with van der Waals surface area (Å²) in [7, 11) is 0. The summed E-state index contributed by atoms with van der Waals surface area (Å²) >= 11 is 0. The molecule has 0 unspecified atom stereocenters. The zero-order valence-corrected chi connectivity index (χ0v) is 8.26. The first-order valence-electron chi connectivity index (χ1n) is 4.46. The van der Waals surface area contributed by atoms with Gasteiger partial charge in [-0.2, -0.15) is 0 Å². The van der Waals surface area contributed by atoms with Crippen LogP contribution in [0.5, 0.6) is 11.5 Å². The van der Waals surface area contributed by atoms with E-state index in [1.807, 2.05) is 0 Å². The zero-order valence-electron chi connectivity index (χ0n) is 8.26. The van der Waals surface area contributed by atoms with Gasteiger partial charge in [-0.25, -0.2) is 9.59 Å². The predicted molar refractivity (Wildman–Crippen MR) is 55.5 cm³/mol. The summed E-state index contributed by atoms with van der Waals surface area (Å²) < 4.78 is 0. The Morgan fingerprint density at radius 2 is 1.53 bits per heavy atom. The van der Waals surface area contributed by atoms with Crippen LogP contribution in [0.2, 0.25) is 0 Å². The minimum atomic E-state index is -1.47. The molecule has 88 valence electrons. The van der Waals surface area contributed by atoms with Crippen molar-refractivity contribution >= 4 is 22.8 Å². The Kier molecular flexibility index (Phi) is 2.17. The summed E-state index contributed by atoms with van der Waals surface area (Å²) in [5, 5.41) is 36.8. The molecule has 7 heteroatoms. The largest absolute Gasteiger partial charge is 0.504 e. The highest BCUT2D eigenvalue weighted by Crippen LogP contribution is 2.39. The van der Waals surface area contributed by atoms with Gasteiger partial charge in [0.15, 0.2) is 11.5 Å². The van der Waals surface area contributed by atoms with Crippen LogP contribution < -0.4 is 0 Å². The Balaban J connectivity index is 3.02. The Morgan fingerprint density at radius 3 is 2.06 bits per heavy atom. The van der Waals surface area contributed by atoms with E-state index in [4.69, 9.17) is 10.2 Å². The van der Waals surface area contributed by atoms with Crippen LogP contribution in [-0.4, -0.2) is 37.3 Å². The molecule has 0 saturated heterocycles. The number of carbonyl (C=O) groups is 2. The normalized spacial score (nSPS) is 10.6. The Hall–Kier alpha value is -2.70. The van der Waals surface area contributed by atoms with Crippen molar-refractivity contribution in [3.05, 3.63) is 23.4 Å². The minimum absolute atomic E-state index is 0.0187. The fraction of sp³-hybridized carbons (Fsp3) is 0. The summed E-state index contributed by atoms with van der Waals surface area (Å²) in [6.45, 7) is 0. The van der Waals surface area contributed by atoms with Crippen molar-refractivity contribution in [2.75, 3.05) is 0 Å². The molecule has 2 aromatic rings. The molecule has 17 heavy (non-hydrogen) atoms. The lowest BCUT2D eigenvalue weighted by atomic mass is 10.0. The van der Waals surface area contributed by atoms with Gasteiger partial charge >= 0.3 is 11.9 Å². The van der Waals surface area contributed by atoms with Gasteiger partial charge in [0.05, 0.1) is 5.52 Å². The van der Waals surface area contributed by atoms with Gasteiger partial charge in [-0.1, -0.05) is 0 Å². The number of aromatic hydroxyl groups is 2. The number of rotatable bonds is 2. The van der Waals surface area contributed by atoms with E-state index in [1.165, 1.54) is 12.3 Å². The van der Waals surface area contributed by atoms with E-state index in [9.17, 15) is 19.8 Å². The van der Waals surface area contributed by atoms with Gasteiger partial charge in [0.2, 0.25) is 0 Å². The van der Waals surface area contributed by atoms with Gasteiger partial charge < -0.3 is 25.4 Å². The van der Waals surface area contributed by atoms with E-state index in [1.54, 1.807) is 0 Å². The number of benzene rings is 1. The molecular weight excluding hydrogens is 230 g/mol. The molecular formula is C10H7NO6. The average molecular weight is 237 g/mol. The molecule has 0 aliphatic heterocycles. The summed E-state index contributed by atoms with van der Waals surface area (Å²) in [6, 6.07) is 1.31. The first-order valence-corrected chi connectivity index (χ1v) is 4.46. The number of hydrogen-bond donors (Lipinski definition) is 5. The second-order valence-corrected chi connectivity index (χ2v) is 3.32. The van der Waals surface area contributed by atoms with Gasteiger partial charge in [-0.15, -0.1) is 0 Å². The quantitative estimate of drug-likeness (QED) is 0.494. The van der Waals surface area contributed by atoms with Crippen molar-refractivity contribution in [2.45, 2.75) is 0 Å². The van der Waals surface area contributed by atoms with Crippen LogP contribution >= 0.6 is 0 Å². The highest BCUT2D eigenvalue weighted by Gasteiger charge is 2.26. The number of carboxylic acid groups (broad SMARTS) is 2. The van der Waals surface area contributed by atoms with E-state index in [-0.39, 0.29) is 10.9 Å². The van der Waals surface area contributed by atoms with E-state index >= 15 is 0 Å². The Labute approximate surface area is 93.6 Å². The molecule has 0 saturated carbocycles. The molecule has 0 radical (unpaired) electrons. The number of carboxylic acids is 2. The molecule has 0 spiro atoms. The number of fused-ring (bicyclic) bond motifs is 1. The van der Waals surface area contributed by atoms with Gasteiger partial charge in [-0.3, -0.25) is 0 Å². The molecule has 0 fully saturated rings. The van der Waals surface area contributed by atoms with Gasteiger partial charge in [0, 0.05) is 11.6 Å². The van der Waals surface area contributed by atoms with Crippen LogP contribution in [0.4, 0.5) is 0 Å². The molecule has 0 bridgehead atoms. The summed E-state index contributed by atoms with van der Waals surface area (Å²) in [5.41, 5.74) is -1.15. The fourth-order valence-corrected chi connectivity index (χ4v) is 1.69. The third-order valence-electron chi connectivity index (χ3n) is 2.39. The fourth-order valence-electron chi connectivity index (χ4n) is 1.69. The van der Waals surface area contributed by atoms with Crippen molar-refractivity contribution in [1.82, 2.24) is 4.98 Å². The van der Waals surface area contributed by atoms with E-state index < -0.39 is 34.6 Å². The number of phenols is 2. The zero-order chi connectivity index (χ0) is 12.7. The molecule has 5 N–H and O–H groups in total. The molecule has 1 heterocycles. The van der Waals surface area contributed by atoms with Crippen molar-refractivity contribution in [1.29, 1.82) is 0 Å². The van der Waals surface area contributed by atoms with Crippen LogP contribution in [0, 0.1) is 0 Å². The summed E-state index contributed by atoms with van der Waals surface area (Å²) in [5.74, 6) is -4.85. The third-order valence-corrected chi connectivity index (χ3v) is 2.39. The second kappa shape index (κ2) is 3.41. The van der Waals surface area contributed by atoms with Crippen molar-refractivity contribution in [3.63, 3.8) is 0 Å². The van der Waals surface area contributed by atoms with Crippen LogP contribution in [0.15, 0.2) is 12.3 Å². The molecule has 1 aromatic heterocycles. The topological polar surface area (TPSA) is 131 Å². The molecule has 0 aliphatic carbocycles. The monoisotopic (exact) mass is 237 g/mol. The van der Waals surface area contributed by atoms with E-state index in [0.717, 1.165) is 0 Å². The number of nitrogens with one attached hydrogen (secondary N) is 1. The predicted octanol–water partition coefficient (Wildman–Crippen LogP) is 0.975. The molecule has 2 rings (SSSR count). The number of aromatic nitrogens is 1. The number of H-pyrrole nitrogens is 1. The van der Waals surface area contributed by atoms with Gasteiger partial charge in [0.1, 0.15) is 11.1 Å². The van der Waals surface area contributed by atoms with Crippen LogP contribution in [-0.2, 0) is 0 Å². The first kappa shape index (κ1) is 10.8. The summed E-state index contributed by atoms with van der Waals surface area (Å²) in [6.07, 6.45) is 1.32.